The fourth-order valence-electron chi connectivity index (χ4n) is 2.87. The first-order valence-corrected chi connectivity index (χ1v) is 11.1. The normalized spacial score (nSPS) is 13.1. The Morgan fingerprint density at radius 3 is 2.03 bits per heavy atom. The van der Waals surface area contributed by atoms with Crippen LogP contribution in [0.1, 0.15) is 41.7 Å². The summed E-state index contributed by atoms with van der Waals surface area (Å²) in [6.07, 6.45) is -10.0. The summed E-state index contributed by atoms with van der Waals surface area (Å²) in [5.41, 5.74) is -2.84. The molecule has 0 heterocycles. The molecule has 0 unspecified atom stereocenters. The molecule has 0 aromatic heterocycles. The summed E-state index contributed by atoms with van der Waals surface area (Å²) in [6, 6.07) is 7.55. The smallest absolute Gasteiger partial charge is 0.416 e. The first-order chi connectivity index (χ1) is 16.8. The van der Waals surface area contributed by atoms with Crippen LogP contribution in [0.3, 0.4) is 0 Å². The molecule has 0 aliphatic heterocycles. The molecule has 0 radical (unpaired) electrons. The molecular weight excluding hydrogens is 514 g/mol. The number of carbonyl (C=O) groups is 1. The van der Waals surface area contributed by atoms with E-state index in [4.69, 9.17) is 9.57 Å². The van der Waals surface area contributed by atoms with Gasteiger partial charge in [0.05, 0.1) is 18.2 Å². The molecule has 36 heavy (non-hydrogen) atoms. The zero-order valence-corrected chi connectivity index (χ0v) is 20.3. The summed E-state index contributed by atoms with van der Waals surface area (Å²) in [5, 5.41) is 7.07. The van der Waals surface area contributed by atoms with Crippen molar-refractivity contribution in [2.24, 2.45) is 10.3 Å². The molecule has 0 N–H and O–H groups in total. The van der Waals surface area contributed by atoms with Gasteiger partial charge in [0.2, 0.25) is 0 Å². The molecule has 0 aliphatic carbocycles. The van der Waals surface area contributed by atoms with Gasteiger partial charge in [-0.05, 0) is 18.2 Å². The third-order valence-corrected chi connectivity index (χ3v) is 5.39. The van der Waals surface area contributed by atoms with Gasteiger partial charge < -0.3 is 14.4 Å². The van der Waals surface area contributed by atoms with Crippen molar-refractivity contribution < 1.29 is 45.5 Å². The molecule has 2 rings (SSSR count). The predicted molar refractivity (Wildman–Crippen MR) is 123 cm³/mol. The van der Waals surface area contributed by atoms with Gasteiger partial charge in [0.25, 0.3) is 0 Å². The highest BCUT2D eigenvalue weighted by atomic mass is 32.2. The molecule has 2 aromatic carbocycles. The van der Waals surface area contributed by atoms with Crippen molar-refractivity contribution in [1.29, 1.82) is 0 Å². The number of hydrogen-bond donors (Lipinski definition) is 0. The molecule has 0 atom stereocenters. The Kier molecular flexibility index (Phi) is 9.79. The second kappa shape index (κ2) is 12.2. The fourth-order valence-corrected chi connectivity index (χ4v) is 3.66. The van der Waals surface area contributed by atoms with Gasteiger partial charge in [-0.1, -0.05) is 60.2 Å². The molecule has 6 nitrogen and oxygen atoms in total. The number of thioether (sulfide) groups is 1. The summed E-state index contributed by atoms with van der Waals surface area (Å²) in [4.78, 5) is 22.1. The first-order valence-electron chi connectivity index (χ1n) is 10.2. The van der Waals surface area contributed by atoms with Crippen molar-refractivity contribution in [2.45, 2.75) is 38.1 Å². The number of halogens is 6. The molecule has 196 valence electrons. The van der Waals surface area contributed by atoms with Crippen LogP contribution in [0, 0.1) is 0 Å². The van der Waals surface area contributed by atoms with E-state index in [1.807, 2.05) is 0 Å². The second-order valence-electron chi connectivity index (χ2n) is 7.40. The van der Waals surface area contributed by atoms with Crippen LogP contribution < -0.4 is 0 Å². The highest BCUT2D eigenvalue weighted by Crippen LogP contribution is 2.37. The molecular formula is C23H22F6N2O4S. The van der Waals surface area contributed by atoms with Gasteiger partial charge in [-0.25, -0.2) is 4.79 Å². The first kappa shape index (κ1) is 29.0. The van der Waals surface area contributed by atoms with E-state index in [9.17, 15) is 31.1 Å². The Bertz CT molecular complexity index is 1100. The Labute approximate surface area is 207 Å². The predicted octanol–water partition coefficient (Wildman–Crippen LogP) is 6.27. The Hall–Kier alpha value is -3.22. The third-order valence-electron chi connectivity index (χ3n) is 4.38. The summed E-state index contributed by atoms with van der Waals surface area (Å²) >= 11 is 0.926. The SMILES string of the molecule is CO/N=C(/C(=O)OC)c1ccccc1CO/N=C(\SC(C)C)c1cc(C(F)(F)F)cc(C(F)(F)F)c1. The minimum absolute atomic E-state index is 0.0434. The van der Waals surface area contributed by atoms with E-state index < -0.39 is 35.0 Å². The molecule has 0 saturated carbocycles. The monoisotopic (exact) mass is 536 g/mol. The maximum Gasteiger partial charge on any atom is 0.416 e. The standard InChI is InChI=1S/C23H22F6N2O4S/c1-13(2)36-20(15-9-16(22(24,25)26)11-17(10-15)23(27,28)29)31-35-12-14-7-5-6-8-18(14)19(30-34-4)21(32)33-3/h5-11,13H,12H2,1-4H3/b30-19+,31-20-. The van der Waals surface area contributed by atoms with E-state index in [2.05, 4.69) is 15.1 Å². The number of hydrogen-bond acceptors (Lipinski definition) is 7. The van der Waals surface area contributed by atoms with E-state index in [1.54, 1.807) is 32.0 Å². The van der Waals surface area contributed by atoms with Gasteiger partial charge in [-0.3, -0.25) is 0 Å². The van der Waals surface area contributed by atoms with Crippen LogP contribution in [0.15, 0.2) is 52.8 Å². The number of ether oxygens (including phenoxy) is 1. The molecule has 0 aliphatic rings. The van der Waals surface area contributed by atoms with Crippen molar-refractivity contribution >= 4 is 28.5 Å². The van der Waals surface area contributed by atoms with Crippen LogP contribution in [-0.4, -0.2) is 36.2 Å². The molecule has 0 amide bonds. The van der Waals surface area contributed by atoms with Crippen LogP contribution in [0.25, 0.3) is 0 Å². The van der Waals surface area contributed by atoms with Crippen molar-refractivity contribution in [3.8, 4) is 0 Å². The average molecular weight is 536 g/mol. The maximum atomic E-state index is 13.3. The van der Waals surface area contributed by atoms with Gasteiger partial charge in [0.15, 0.2) is 5.71 Å². The van der Waals surface area contributed by atoms with Crippen LogP contribution in [0.5, 0.6) is 0 Å². The summed E-state index contributed by atoms with van der Waals surface area (Å²) < 4.78 is 84.5. The average Bonchev–Trinajstić information content (AvgIpc) is 2.80. The lowest BCUT2D eigenvalue weighted by Gasteiger charge is -2.16. The minimum atomic E-state index is -5.01. The van der Waals surface area contributed by atoms with Crippen molar-refractivity contribution in [3.05, 3.63) is 70.3 Å². The fraction of sp³-hybridized carbons (Fsp3) is 0.348. The summed E-state index contributed by atoms with van der Waals surface area (Å²) in [6.45, 7) is 3.10. The molecule has 2 aromatic rings. The third kappa shape index (κ3) is 7.90. The number of carbonyl (C=O) groups excluding carboxylic acids is 1. The zero-order chi connectivity index (χ0) is 27.1. The number of esters is 1. The van der Waals surface area contributed by atoms with E-state index in [-0.39, 0.29) is 34.2 Å². The van der Waals surface area contributed by atoms with E-state index >= 15 is 0 Å². The number of rotatable bonds is 8. The van der Waals surface area contributed by atoms with Crippen molar-refractivity contribution in [1.82, 2.24) is 0 Å². The Morgan fingerprint density at radius 1 is 0.944 bits per heavy atom. The lowest BCUT2D eigenvalue weighted by Crippen LogP contribution is -2.19. The number of oxime groups is 2. The van der Waals surface area contributed by atoms with Gasteiger partial charge >= 0.3 is 18.3 Å². The Balaban J connectivity index is 2.49. The van der Waals surface area contributed by atoms with E-state index in [1.165, 1.54) is 13.2 Å². The van der Waals surface area contributed by atoms with Gasteiger partial charge in [-0.2, -0.15) is 26.3 Å². The minimum Gasteiger partial charge on any atom is -0.464 e. The van der Waals surface area contributed by atoms with E-state index in [0.29, 0.717) is 17.7 Å². The number of methoxy groups -OCH3 is 1. The highest BCUT2D eigenvalue weighted by molar-refractivity contribution is 8.14. The second-order valence-corrected chi connectivity index (χ2v) is 8.97. The largest absolute Gasteiger partial charge is 0.464 e. The summed E-state index contributed by atoms with van der Waals surface area (Å²) in [5.74, 6) is -0.799. The summed E-state index contributed by atoms with van der Waals surface area (Å²) in [7, 11) is 2.38. The maximum absolute atomic E-state index is 13.3. The molecule has 0 fully saturated rings. The highest BCUT2D eigenvalue weighted by Gasteiger charge is 2.37. The van der Waals surface area contributed by atoms with Crippen LogP contribution in [0.4, 0.5) is 26.3 Å². The van der Waals surface area contributed by atoms with Crippen molar-refractivity contribution in [2.75, 3.05) is 14.2 Å². The lowest BCUT2D eigenvalue weighted by atomic mass is 10.0. The van der Waals surface area contributed by atoms with Gasteiger partial charge in [-0.15, -0.1) is 0 Å². The zero-order valence-electron chi connectivity index (χ0n) is 19.5. The van der Waals surface area contributed by atoms with E-state index in [0.717, 1.165) is 18.9 Å². The van der Waals surface area contributed by atoms with Gasteiger partial charge in [0.1, 0.15) is 18.8 Å². The van der Waals surface area contributed by atoms with Crippen LogP contribution in [0.2, 0.25) is 0 Å². The number of alkyl halides is 6. The number of benzene rings is 2. The molecule has 0 saturated heterocycles. The lowest BCUT2D eigenvalue weighted by molar-refractivity contribution is -0.143. The number of nitrogens with zero attached hydrogens (tertiary/aromatic N) is 2. The van der Waals surface area contributed by atoms with Crippen LogP contribution in [-0.2, 0) is 38.2 Å². The Morgan fingerprint density at radius 2 is 1.53 bits per heavy atom. The van der Waals surface area contributed by atoms with Crippen molar-refractivity contribution in [3.63, 3.8) is 0 Å². The van der Waals surface area contributed by atoms with Crippen LogP contribution >= 0.6 is 11.8 Å². The quantitative estimate of drug-likeness (QED) is 0.131. The molecule has 0 spiro atoms. The van der Waals surface area contributed by atoms with Gasteiger partial charge in [0, 0.05) is 21.9 Å². The molecule has 13 heteroatoms. The topological polar surface area (TPSA) is 69.5 Å². The molecule has 0 bridgehead atoms.